The largest absolute Gasteiger partial charge is 0.378 e. The van der Waals surface area contributed by atoms with Gasteiger partial charge in [-0.15, -0.1) is 5.10 Å². The van der Waals surface area contributed by atoms with Crippen molar-refractivity contribution in [3.63, 3.8) is 0 Å². The van der Waals surface area contributed by atoms with Gasteiger partial charge in [-0.2, -0.15) is 0 Å². The lowest BCUT2D eigenvalue weighted by atomic mass is 9.95. The second kappa shape index (κ2) is 14.0. The molecule has 0 spiro atoms. The standard InChI is InChI=1S/C32H37N7O3/c1-33-16-15-29(40)38-22-25-7-3-4-8-26(25)31-30(27-9-5-6-10-28(27)38)36-37-39(31)21-23-11-13-24(14-12-23)32(41)35-18-20-42-19-17-34-2/h3-14,33-34H,15-22H2,1-2H3,(H,35,41). The fourth-order valence-electron chi connectivity index (χ4n) is 5.06. The first kappa shape index (κ1) is 29.1. The highest BCUT2D eigenvalue weighted by Gasteiger charge is 2.28. The number of carbonyl (C=O) groups is 2. The van der Waals surface area contributed by atoms with Gasteiger partial charge in [0, 0.05) is 42.7 Å². The Morgan fingerprint density at radius 2 is 1.57 bits per heavy atom. The topological polar surface area (TPSA) is 113 Å². The number of aromatic nitrogens is 3. The van der Waals surface area contributed by atoms with Crippen LogP contribution in [0, 0.1) is 0 Å². The maximum atomic E-state index is 13.3. The van der Waals surface area contributed by atoms with E-state index in [-0.39, 0.29) is 11.8 Å². The van der Waals surface area contributed by atoms with Crippen molar-refractivity contribution in [3.8, 4) is 22.5 Å². The van der Waals surface area contributed by atoms with E-state index in [0.29, 0.717) is 51.4 Å². The molecular formula is C32H37N7O3. The Bertz CT molecular complexity index is 1520. The van der Waals surface area contributed by atoms with Gasteiger partial charge >= 0.3 is 0 Å². The first-order chi connectivity index (χ1) is 20.6. The lowest BCUT2D eigenvalue weighted by molar-refractivity contribution is -0.118. The molecule has 1 aliphatic heterocycles. The van der Waals surface area contributed by atoms with Crippen LogP contribution in [0.25, 0.3) is 22.5 Å². The van der Waals surface area contributed by atoms with Crippen LogP contribution in [0.4, 0.5) is 5.69 Å². The van der Waals surface area contributed by atoms with Gasteiger partial charge in [-0.05, 0) is 43.4 Å². The Labute approximate surface area is 246 Å². The zero-order valence-electron chi connectivity index (χ0n) is 24.1. The molecule has 5 rings (SSSR count). The predicted molar refractivity (Wildman–Crippen MR) is 163 cm³/mol. The zero-order valence-corrected chi connectivity index (χ0v) is 24.1. The molecule has 1 aromatic heterocycles. The predicted octanol–water partition coefficient (Wildman–Crippen LogP) is 3.08. The summed E-state index contributed by atoms with van der Waals surface area (Å²) >= 11 is 0. The molecular weight excluding hydrogens is 530 g/mol. The van der Waals surface area contributed by atoms with Crippen LogP contribution in [0.5, 0.6) is 0 Å². The molecule has 0 atom stereocenters. The van der Waals surface area contributed by atoms with Gasteiger partial charge < -0.3 is 25.6 Å². The highest BCUT2D eigenvalue weighted by molar-refractivity contribution is 6.00. The summed E-state index contributed by atoms with van der Waals surface area (Å²) in [5.74, 6) is -0.0862. The van der Waals surface area contributed by atoms with Crippen molar-refractivity contribution in [2.45, 2.75) is 19.5 Å². The molecule has 2 heterocycles. The third-order valence-electron chi connectivity index (χ3n) is 7.25. The van der Waals surface area contributed by atoms with Crippen LogP contribution in [-0.4, -0.2) is 73.8 Å². The summed E-state index contributed by atoms with van der Waals surface area (Å²) < 4.78 is 7.37. The van der Waals surface area contributed by atoms with Crippen LogP contribution < -0.4 is 20.9 Å². The van der Waals surface area contributed by atoms with Crippen molar-refractivity contribution in [1.29, 1.82) is 0 Å². The van der Waals surface area contributed by atoms with Gasteiger partial charge in [0.25, 0.3) is 5.91 Å². The molecule has 10 nitrogen and oxygen atoms in total. The number of fused-ring (bicyclic) bond motifs is 5. The number of ether oxygens (including phenoxy) is 1. The molecule has 0 aliphatic carbocycles. The molecule has 42 heavy (non-hydrogen) atoms. The molecule has 2 amide bonds. The van der Waals surface area contributed by atoms with Crippen molar-refractivity contribution < 1.29 is 14.3 Å². The van der Waals surface area contributed by atoms with Gasteiger partial charge in [0.1, 0.15) is 5.69 Å². The van der Waals surface area contributed by atoms with Crippen LogP contribution >= 0.6 is 0 Å². The molecule has 0 unspecified atom stereocenters. The smallest absolute Gasteiger partial charge is 0.251 e. The average Bonchev–Trinajstić information content (AvgIpc) is 3.42. The molecule has 0 saturated carbocycles. The number of anilines is 1. The van der Waals surface area contributed by atoms with Gasteiger partial charge in [-0.25, -0.2) is 4.68 Å². The van der Waals surface area contributed by atoms with Crippen molar-refractivity contribution in [2.24, 2.45) is 0 Å². The molecule has 3 aromatic carbocycles. The summed E-state index contributed by atoms with van der Waals surface area (Å²) in [6, 6.07) is 23.5. The van der Waals surface area contributed by atoms with E-state index < -0.39 is 0 Å². The van der Waals surface area contributed by atoms with Crippen molar-refractivity contribution in [2.75, 3.05) is 51.8 Å². The Morgan fingerprint density at radius 1 is 0.857 bits per heavy atom. The van der Waals surface area contributed by atoms with Gasteiger partial charge in [-0.1, -0.05) is 59.8 Å². The number of benzene rings is 3. The Kier molecular flexibility index (Phi) is 9.70. The molecule has 0 radical (unpaired) electrons. The number of para-hydroxylation sites is 1. The van der Waals surface area contributed by atoms with Crippen LogP contribution in [0.15, 0.2) is 72.8 Å². The number of amides is 2. The molecule has 0 bridgehead atoms. The van der Waals surface area contributed by atoms with Crippen LogP contribution in [-0.2, 0) is 22.6 Å². The van der Waals surface area contributed by atoms with Gasteiger partial charge in [0.05, 0.1) is 37.7 Å². The van der Waals surface area contributed by atoms with Crippen molar-refractivity contribution >= 4 is 17.5 Å². The normalized spacial score (nSPS) is 12.1. The zero-order chi connectivity index (χ0) is 29.3. The highest BCUT2D eigenvalue weighted by Crippen LogP contribution is 2.41. The van der Waals surface area contributed by atoms with Gasteiger partial charge in [-0.3, -0.25) is 9.59 Å². The molecule has 10 heteroatoms. The van der Waals surface area contributed by atoms with E-state index in [2.05, 4.69) is 38.4 Å². The molecule has 218 valence electrons. The molecule has 3 N–H and O–H groups in total. The molecule has 4 aromatic rings. The minimum Gasteiger partial charge on any atom is -0.378 e. The van der Waals surface area contributed by atoms with E-state index in [0.717, 1.165) is 45.9 Å². The third kappa shape index (κ3) is 6.57. The van der Waals surface area contributed by atoms with Crippen molar-refractivity contribution in [3.05, 3.63) is 89.5 Å². The third-order valence-corrected chi connectivity index (χ3v) is 7.25. The number of nitrogens with one attached hydrogen (secondary N) is 3. The van der Waals surface area contributed by atoms with Crippen LogP contribution in [0.3, 0.4) is 0 Å². The lowest BCUT2D eigenvalue weighted by Crippen LogP contribution is -2.33. The monoisotopic (exact) mass is 567 g/mol. The maximum absolute atomic E-state index is 13.3. The first-order valence-electron chi connectivity index (χ1n) is 14.3. The minimum atomic E-state index is -0.135. The van der Waals surface area contributed by atoms with E-state index in [9.17, 15) is 9.59 Å². The maximum Gasteiger partial charge on any atom is 0.251 e. The fourth-order valence-corrected chi connectivity index (χ4v) is 5.06. The number of nitrogens with zero attached hydrogens (tertiary/aromatic N) is 4. The second-order valence-electron chi connectivity index (χ2n) is 10.1. The molecule has 0 saturated heterocycles. The van der Waals surface area contributed by atoms with Crippen molar-refractivity contribution in [1.82, 2.24) is 30.9 Å². The number of carbonyl (C=O) groups excluding carboxylic acids is 2. The quantitative estimate of drug-likeness (QED) is 0.226. The molecule has 1 aliphatic rings. The Balaban J connectivity index is 1.40. The van der Waals surface area contributed by atoms with Crippen LogP contribution in [0.2, 0.25) is 0 Å². The summed E-state index contributed by atoms with van der Waals surface area (Å²) in [7, 11) is 3.72. The number of hydrogen-bond acceptors (Lipinski definition) is 7. The van der Waals surface area contributed by atoms with Crippen LogP contribution in [0.1, 0.15) is 27.9 Å². The number of likely N-dealkylation sites (N-methyl/N-ethyl adjacent to an activating group) is 1. The van der Waals surface area contributed by atoms with E-state index in [1.54, 1.807) is 0 Å². The SMILES string of the molecule is CNCCOCCNC(=O)c1ccc(Cn2nnc3c2-c2ccccc2CN(C(=O)CCNC)c2ccccc2-3)cc1. The number of rotatable bonds is 12. The highest BCUT2D eigenvalue weighted by atomic mass is 16.5. The summed E-state index contributed by atoms with van der Waals surface area (Å²) in [6.45, 7) is 3.83. The first-order valence-corrected chi connectivity index (χ1v) is 14.3. The average molecular weight is 568 g/mol. The molecule has 0 fully saturated rings. The summed E-state index contributed by atoms with van der Waals surface area (Å²) in [6.07, 6.45) is 0.394. The van der Waals surface area contributed by atoms with E-state index in [4.69, 9.17) is 4.74 Å². The van der Waals surface area contributed by atoms with E-state index >= 15 is 0 Å². The minimum absolute atomic E-state index is 0.0490. The van der Waals surface area contributed by atoms with E-state index in [1.165, 1.54) is 0 Å². The van der Waals surface area contributed by atoms with Gasteiger partial charge in [0.15, 0.2) is 0 Å². The Morgan fingerprint density at radius 3 is 2.36 bits per heavy atom. The Hall–Kier alpha value is -4.38. The summed E-state index contributed by atoms with van der Waals surface area (Å²) in [4.78, 5) is 27.8. The summed E-state index contributed by atoms with van der Waals surface area (Å²) in [5.41, 5.74) is 6.93. The number of hydrogen-bond donors (Lipinski definition) is 3. The fraction of sp³-hybridized carbons (Fsp3) is 0.312. The second-order valence-corrected chi connectivity index (χ2v) is 10.1. The lowest BCUT2D eigenvalue weighted by Gasteiger charge is -2.28. The van der Waals surface area contributed by atoms with E-state index in [1.807, 2.05) is 84.3 Å². The summed E-state index contributed by atoms with van der Waals surface area (Å²) in [5, 5.41) is 18.2. The van der Waals surface area contributed by atoms with Gasteiger partial charge in [0.2, 0.25) is 5.91 Å².